The van der Waals surface area contributed by atoms with Gasteiger partial charge in [0.05, 0.1) is 12.3 Å². The smallest absolute Gasteiger partial charge is 0.186 e. The summed E-state index contributed by atoms with van der Waals surface area (Å²) < 4.78 is 24.6. The lowest BCUT2D eigenvalue weighted by Crippen LogP contribution is -2.26. The monoisotopic (exact) mass is 241 g/mol. The van der Waals surface area contributed by atoms with Crippen LogP contribution in [0.3, 0.4) is 0 Å². The summed E-state index contributed by atoms with van der Waals surface area (Å²) in [4.78, 5) is 7.60. The van der Waals surface area contributed by atoms with Crippen LogP contribution >= 0.6 is 0 Å². The topological polar surface area (TPSA) is 56.3 Å². The normalized spacial score (nSPS) is 22.7. The van der Waals surface area contributed by atoms with Gasteiger partial charge >= 0.3 is 0 Å². The van der Waals surface area contributed by atoms with Crippen molar-refractivity contribution in [1.29, 1.82) is 0 Å². The molecular formula is C11H16FN3O2. The average molecular weight is 241 g/mol. The summed E-state index contributed by atoms with van der Waals surface area (Å²) in [5.41, 5.74) is 0.325. The van der Waals surface area contributed by atoms with Crippen LogP contribution < -0.4 is 5.32 Å². The van der Waals surface area contributed by atoms with Crippen molar-refractivity contribution in [2.24, 2.45) is 0 Å². The van der Waals surface area contributed by atoms with Crippen LogP contribution in [0.1, 0.15) is 19.5 Å². The molecule has 0 aromatic carbocycles. The van der Waals surface area contributed by atoms with Crippen LogP contribution in [-0.2, 0) is 9.47 Å². The van der Waals surface area contributed by atoms with Crippen molar-refractivity contribution in [1.82, 2.24) is 9.97 Å². The molecule has 1 fully saturated rings. The minimum Gasteiger partial charge on any atom is -0.365 e. The molecule has 5 nitrogen and oxygen atoms in total. The van der Waals surface area contributed by atoms with Gasteiger partial charge in [0.15, 0.2) is 17.4 Å². The van der Waals surface area contributed by atoms with E-state index in [9.17, 15) is 4.39 Å². The molecule has 94 valence electrons. The van der Waals surface area contributed by atoms with Crippen LogP contribution in [0.25, 0.3) is 0 Å². The molecule has 1 saturated heterocycles. The first kappa shape index (κ1) is 12.2. The van der Waals surface area contributed by atoms with Crippen molar-refractivity contribution in [3.63, 3.8) is 0 Å². The van der Waals surface area contributed by atoms with Crippen molar-refractivity contribution < 1.29 is 13.9 Å². The molecule has 1 unspecified atom stereocenters. The first-order chi connectivity index (χ1) is 7.98. The van der Waals surface area contributed by atoms with Crippen molar-refractivity contribution >= 4 is 5.82 Å². The van der Waals surface area contributed by atoms with Gasteiger partial charge in [0, 0.05) is 6.54 Å². The number of rotatable bonds is 3. The second-order valence-corrected chi connectivity index (χ2v) is 4.45. The number of nitrogens with one attached hydrogen (secondary N) is 1. The van der Waals surface area contributed by atoms with Crippen molar-refractivity contribution in [3.05, 3.63) is 17.8 Å². The molecule has 0 bridgehead atoms. The van der Waals surface area contributed by atoms with E-state index in [0.717, 1.165) is 0 Å². The number of nitrogens with zero attached hydrogens (tertiary/aromatic N) is 2. The van der Waals surface area contributed by atoms with Gasteiger partial charge in [-0.05, 0) is 20.8 Å². The van der Waals surface area contributed by atoms with Gasteiger partial charge in [0.2, 0.25) is 0 Å². The predicted molar refractivity (Wildman–Crippen MR) is 60.1 cm³/mol. The van der Waals surface area contributed by atoms with Gasteiger partial charge in [0.25, 0.3) is 0 Å². The highest BCUT2D eigenvalue weighted by Crippen LogP contribution is 2.22. The maximum Gasteiger partial charge on any atom is 0.186 e. The van der Waals surface area contributed by atoms with Gasteiger partial charge in [-0.1, -0.05) is 0 Å². The lowest BCUT2D eigenvalue weighted by molar-refractivity contribution is -0.136. The molecule has 2 heterocycles. The van der Waals surface area contributed by atoms with Gasteiger partial charge in [-0.3, -0.25) is 0 Å². The summed E-state index contributed by atoms with van der Waals surface area (Å²) >= 11 is 0. The van der Waals surface area contributed by atoms with Gasteiger partial charge < -0.3 is 14.8 Å². The summed E-state index contributed by atoms with van der Waals surface area (Å²) in [7, 11) is 0. The Hall–Kier alpha value is -1.27. The molecule has 6 heteroatoms. The third kappa shape index (κ3) is 2.89. The first-order valence-corrected chi connectivity index (χ1v) is 5.51. The van der Waals surface area contributed by atoms with Gasteiger partial charge in [0.1, 0.15) is 12.4 Å². The SMILES string of the molecule is Cc1ncnc(NCC2COC(C)(C)O2)c1F. The molecule has 0 amide bonds. The van der Waals surface area contributed by atoms with Crippen LogP contribution in [0.15, 0.2) is 6.33 Å². The predicted octanol–water partition coefficient (Wildman–Crippen LogP) is 1.49. The summed E-state index contributed by atoms with van der Waals surface area (Å²) in [6.45, 7) is 6.24. The van der Waals surface area contributed by atoms with Crippen LogP contribution in [0.5, 0.6) is 0 Å². The number of hydrogen-bond acceptors (Lipinski definition) is 5. The van der Waals surface area contributed by atoms with E-state index in [4.69, 9.17) is 9.47 Å². The van der Waals surface area contributed by atoms with Crippen molar-refractivity contribution in [2.45, 2.75) is 32.7 Å². The zero-order valence-electron chi connectivity index (χ0n) is 10.2. The van der Waals surface area contributed by atoms with E-state index in [1.54, 1.807) is 6.92 Å². The Morgan fingerprint density at radius 3 is 2.94 bits per heavy atom. The second kappa shape index (κ2) is 4.54. The zero-order chi connectivity index (χ0) is 12.5. The molecule has 0 radical (unpaired) electrons. The van der Waals surface area contributed by atoms with E-state index in [0.29, 0.717) is 18.8 Å². The number of halogens is 1. The summed E-state index contributed by atoms with van der Waals surface area (Å²) in [6, 6.07) is 0. The fourth-order valence-electron chi connectivity index (χ4n) is 1.66. The van der Waals surface area contributed by atoms with E-state index in [1.165, 1.54) is 6.33 Å². The van der Waals surface area contributed by atoms with Crippen molar-refractivity contribution in [2.75, 3.05) is 18.5 Å². The van der Waals surface area contributed by atoms with Gasteiger partial charge in [-0.15, -0.1) is 0 Å². The first-order valence-electron chi connectivity index (χ1n) is 5.51. The molecule has 1 aromatic heterocycles. The van der Waals surface area contributed by atoms with Crippen LogP contribution in [0.4, 0.5) is 10.2 Å². The maximum absolute atomic E-state index is 13.6. The van der Waals surface area contributed by atoms with E-state index in [1.807, 2.05) is 13.8 Å². The number of aromatic nitrogens is 2. The van der Waals surface area contributed by atoms with Crippen LogP contribution in [0.2, 0.25) is 0 Å². The summed E-state index contributed by atoms with van der Waals surface area (Å²) in [6.07, 6.45) is 1.23. The Morgan fingerprint density at radius 1 is 1.53 bits per heavy atom. The van der Waals surface area contributed by atoms with E-state index in [2.05, 4.69) is 15.3 Å². The molecule has 1 aliphatic heterocycles. The van der Waals surface area contributed by atoms with E-state index in [-0.39, 0.29) is 11.9 Å². The molecule has 0 spiro atoms. The molecule has 2 rings (SSSR count). The molecule has 1 aromatic rings. The van der Waals surface area contributed by atoms with E-state index >= 15 is 0 Å². The third-order valence-electron chi connectivity index (χ3n) is 2.53. The molecule has 1 atom stereocenters. The Kier molecular flexibility index (Phi) is 3.26. The number of ether oxygens (including phenoxy) is 2. The molecule has 0 aliphatic carbocycles. The highest BCUT2D eigenvalue weighted by Gasteiger charge is 2.32. The highest BCUT2D eigenvalue weighted by molar-refractivity contribution is 5.36. The highest BCUT2D eigenvalue weighted by atomic mass is 19.1. The van der Waals surface area contributed by atoms with Crippen LogP contribution in [0, 0.1) is 12.7 Å². The second-order valence-electron chi connectivity index (χ2n) is 4.45. The maximum atomic E-state index is 13.6. The lowest BCUT2D eigenvalue weighted by Gasteiger charge is -2.17. The van der Waals surface area contributed by atoms with Gasteiger partial charge in [-0.2, -0.15) is 0 Å². The Morgan fingerprint density at radius 2 is 2.29 bits per heavy atom. The lowest BCUT2D eigenvalue weighted by atomic mass is 10.3. The number of hydrogen-bond donors (Lipinski definition) is 1. The fraction of sp³-hybridized carbons (Fsp3) is 0.636. The van der Waals surface area contributed by atoms with Crippen molar-refractivity contribution in [3.8, 4) is 0 Å². The molecular weight excluding hydrogens is 225 g/mol. The standard InChI is InChI=1S/C11H16FN3O2/c1-7-9(12)10(15-6-14-7)13-4-8-5-16-11(2,3)17-8/h6,8H,4-5H2,1-3H3,(H,13,14,15). The molecule has 0 saturated carbocycles. The fourth-order valence-corrected chi connectivity index (χ4v) is 1.66. The largest absolute Gasteiger partial charge is 0.365 e. The summed E-state index contributed by atoms with van der Waals surface area (Å²) in [5.74, 6) is -0.788. The Bertz CT molecular complexity index is 412. The van der Waals surface area contributed by atoms with Gasteiger partial charge in [-0.25, -0.2) is 14.4 Å². The molecule has 1 aliphatic rings. The quantitative estimate of drug-likeness (QED) is 0.868. The molecule has 1 N–H and O–H groups in total. The number of aryl methyl sites for hydroxylation is 1. The minimum atomic E-state index is -0.563. The van der Waals surface area contributed by atoms with Crippen LogP contribution in [-0.4, -0.2) is 35.0 Å². The molecule has 17 heavy (non-hydrogen) atoms. The Balaban J connectivity index is 1.93. The van der Waals surface area contributed by atoms with E-state index < -0.39 is 11.6 Å². The summed E-state index contributed by atoms with van der Waals surface area (Å²) in [5, 5.41) is 2.90. The third-order valence-corrected chi connectivity index (χ3v) is 2.53. The Labute approximate surface area is 99.4 Å². The number of anilines is 1. The minimum absolute atomic E-state index is 0.0975. The zero-order valence-corrected chi connectivity index (χ0v) is 10.2. The average Bonchev–Trinajstić information content (AvgIpc) is 2.61.